The van der Waals surface area contributed by atoms with Crippen LogP contribution in [0.2, 0.25) is 0 Å². The number of hydrogen-bond acceptors (Lipinski definition) is 3. The molecule has 0 radical (unpaired) electrons. The Morgan fingerprint density at radius 1 is 1.37 bits per heavy atom. The van der Waals surface area contributed by atoms with Gasteiger partial charge in [-0.05, 0) is 25.3 Å². The highest BCUT2D eigenvalue weighted by Gasteiger charge is 2.20. The van der Waals surface area contributed by atoms with Gasteiger partial charge in [0.05, 0.1) is 13.7 Å². The lowest BCUT2D eigenvalue weighted by atomic mass is 10.2. The van der Waals surface area contributed by atoms with Crippen molar-refractivity contribution in [3.8, 4) is 5.75 Å². The summed E-state index contributed by atoms with van der Waals surface area (Å²) < 4.78 is 43.5. The molecule has 0 bridgehead atoms. The van der Waals surface area contributed by atoms with E-state index in [2.05, 4.69) is 15.9 Å². The van der Waals surface area contributed by atoms with Gasteiger partial charge in [-0.2, -0.15) is 4.39 Å². The van der Waals surface area contributed by atoms with E-state index in [9.17, 15) is 8.78 Å². The van der Waals surface area contributed by atoms with E-state index in [1.54, 1.807) is 0 Å². The molecule has 1 aromatic carbocycles. The molecule has 1 aliphatic rings. The molecule has 1 unspecified atom stereocenters. The number of rotatable bonds is 4. The molecule has 0 aromatic heterocycles. The summed E-state index contributed by atoms with van der Waals surface area (Å²) in [6.45, 7) is 0.600. The fourth-order valence-electron chi connectivity index (χ4n) is 1.91. The molecule has 1 aliphatic heterocycles. The number of ether oxygens (including phenoxy) is 3. The third kappa shape index (κ3) is 3.43. The number of hydrogen-bond donors (Lipinski definition) is 0. The molecule has 6 heteroatoms. The van der Waals surface area contributed by atoms with Crippen molar-refractivity contribution in [2.24, 2.45) is 0 Å². The molecule has 0 saturated carbocycles. The first-order chi connectivity index (χ1) is 9.13. The van der Waals surface area contributed by atoms with Crippen LogP contribution in [0, 0.1) is 11.6 Å². The Bertz CT molecular complexity index is 448. The normalized spacial score (nSPS) is 19.5. The van der Waals surface area contributed by atoms with Crippen LogP contribution in [0.4, 0.5) is 8.78 Å². The third-order valence-electron chi connectivity index (χ3n) is 2.99. The lowest BCUT2D eigenvalue weighted by Crippen LogP contribution is -2.22. The van der Waals surface area contributed by atoms with E-state index in [0.717, 1.165) is 19.3 Å². The van der Waals surface area contributed by atoms with Gasteiger partial charge in [0.2, 0.25) is 5.82 Å². The highest BCUT2D eigenvalue weighted by atomic mass is 79.9. The van der Waals surface area contributed by atoms with Gasteiger partial charge in [0.25, 0.3) is 0 Å². The molecule has 0 aliphatic carbocycles. The Labute approximate surface area is 119 Å². The summed E-state index contributed by atoms with van der Waals surface area (Å²) >= 11 is 3.19. The minimum absolute atomic E-state index is 0.0437. The minimum Gasteiger partial charge on any atom is -0.494 e. The first kappa shape index (κ1) is 14.7. The molecule has 106 valence electrons. The van der Waals surface area contributed by atoms with Crippen molar-refractivity contribution < 1.29 is 23.0 Å². The molecule has 1 heterocycles. The van der Waals surface area contributed by atoms with Gasteiger partial charge in [-0.3, -0.25) is 0 Å². The van der Waals surface area contributed by atoms with Crippen molar-refractivity contribution in [2.45, 2.75) is 32.2 Å². The Hall–Kier alpha value is -0.720. The van der Waals surface area contributed by atoms with Gasteiger partial charge in [-0.1, -0.05) is 15.9 Å². The van der Waals surface area contributed by atoms with E-state index in [1.165, 1.54) is 13.2 Å². The predicted molar refractivity (Wildman–Crippen MR) is 69.0 cm³/mol. The summed E-state index contributed by atoms with van der Waals surface area (Å²) in [6, 6.07) is 1.39. The van der Waals surface area contributed by atoms with Crippen LogP contribution in [-0.4, -0.2) is 20.0 Å². The second-order valence-corrected chi connectivity index (χ2v) is 5.13. The van der Waals surface area contributed by atoms with E-state index in [-0.39, 0.29) is 24.2 Å². The van der Waals surface area contributed by atoms with Crippen molar-refractivity contribution in [2.75, 3.05) is 13.7 Å². The largest absolute Gasteiger partial charge is 0.494 e. The summed E-state index contributed by atoms with van der Waals surface area (Å²) in [6.07, 6.45) is 2.46. The molecule has 0 spiro atoms. The summed E-state index contributed by atoms with van der Waals surface area (Å²) in [4.78, 5) is 0. The number of halogens is 3. The van der Waals surface area contributed by atoms with Crippen LogP contribution >= 0.6 is 15.9 Å². The standard InChI is InChI=1S/C13H15BrF2O3/c1-17-10-6-9(14)8(12(15)13(10)16)7-19-11-4-2-3-5-18-11/h6,11H,2-5,7H2,1H3. The SMILES string of the molecule is COc1cc(Br)c(COC2CCCCO2)c(F)c1F. The van der Waals surface area contributed by atoms with E-state index in [1.807, 2.05) is 0 Å². The van der Waals surface area contributed by atoms with Crippen molar-refractivity contribution >= 4 is 15.9 Å². The highest BCUT2D eigenvalue weighted by molar-refractivity contribution is 9.10. The lowest BCUT2D eigenvalue weighted by Gasteiger charge is -2.23. The first-order valence-corrected chi connectivity index (χ1v) is 6.86. The fraction of sp³-hybridized carbons (Fsp3) is 0.538. The molecule has 19 heavy (non-hydrogen) atoms. The second kappa shape index (κ2) is 6.63. The molecule has 1 fully saturated rings. The van der Waals surface area contributed by atoms with Crippen LogP contribution < -0.4 is 4.74 Å². The second-order valence-electron chi connectivity index (χ2n) is 4.27. The zero-order valence-electron chi connectivity index (χ0n) is 10.5. The first-order valence-electron chi connectivity index (χ1n) is 6.07. The smallest absolute Gasteiger partial charge is 0.201 e. The zero-order chi connectivity index (χ0) is 13.8. The van der Waals surface area contributed by atoms with Gasteiger partial charge in [0.1, 0.15) is 0 Å². The maximum Gasteiger partial charge on any atom is 0.201 e. The van der Waals surface area contributed by atoms with Gasteiger partial charge in [-0.25, -0.2) is 4.39 Å². The summed E-state index contributed by atoms with van der Waals surface area (Å²) in [5.41, 5.74) is 0.132. The van der Waals surface area contributed by atoms with Crippen LogP contribution in [-0.2, 0) is 16.1 Å². The Kier molecular flexibility index (Phi) is 5.13. The quantitative estimate of drug-likeness (QED) is 0.783. The number of benzene rings is 1. The average molecular weight is 337 g/mol. The van der Waals surface area contributed by atoms with E-state index in [0.29, 0.717) is 11.1 Å². The van der Waals surface area contributed by atoms with E-state index < -0.39 is 11.6 Å². The van der Waals surface area contributed by atoms with E-state index in [4.69, 9.17) is 14.2 Å². The lowest BCUT2D eigenvalue weighted by molar-refractivity contribution is -0.169. The van der Waals surface area contributed by atoms with Crippen LogP contribution in [0.5, 0.6) is 5.75 Å². The van der Waals surface area contributed by atoms with Gasteiger partial charge in [0.15, 0.2) is 17.9 Å². The van der Waals surface area contributed by atoms with Gasteiger partial charge < -0.3 is 14.2 Å². The highest BCUT2D eigenvalue weighted by Crippen LogP contribution is 2.31. The molecule has 0 N–H and O–H groups in total. The third-order valence-corrected chi connectivity index (χ3v) is 3.70. The minimum atomic E-state index is -1.01. The molecular weight excluding hydrogens is 322 g/mol. The molecule has 1 aromatic rings. The average Bonchev–Trinajstić information content (AvgIpc) is 2.44. The Morgan fingerprint density at radius 2 is 2.16 bits per heavy atom. The molecule has 0 amide bonds. The maximum atomic E-state index is 13.9. The topological polar surface area (TPSA) is 27.7 Å². The van der Waals surface area contributed by atoms with Crippen LogP contribution in [0.1, 0.15) is 24.8 Å². The van der Waals surface area contributed by atoms with Crippen LogP contribution in [0.15, 0.2) is 10.5 Å². The van der Waals surface area contributed by atoms with Gasteiger partial charge in [0, 0.05) is 16.6 Å². The number of methoxy groups -OCH3 is 1. The van der Waals surface area contributed by atoms with Crippen molar-refractivity contribution in [1.82, 2.24) is 0 Å². The maximum absolute atomic E-state index is 13.9. The van der Waals surface area contributed by atoms with Crippen molar-refractivity contribution in [3.63, 3.8) is 0 Å². The summed E-state index contributed by atoms with van der Waals surface area (Å²) in [5.74, 6) is -2.10. The zero-order valence-corrected chi connectivity index (χ0v) is 12.1. The molecule has 1 saturated heterocycles. The van der Waals surface area contributed by atoms with Gasteiger partial charge in [-0.15, -0.1) is 0 Å². The fourth-order valence-corrected chi connectivity index (χ4v) is 2.41. The molecule has 1 atom stereocenters. The molecule has 3 nitrogen and oxygen atoms in total. The predicted octanol–water partition coefficient (Wildman–Crippen LogP) is 3.78. The van der Waals surface area contributed by atoms with Crippen molar-refractivity contribution in [3.05, 3.63) is 27.7 Å². The molecule has 2 rings (SSSR count). The Balaban J connectivity index is 2.09. The monoisotopic (exact) mass is 336 g/mol. The van der Waals surface area contributed by atoms with Crippen LogP contribution in [0.3, 0.4) is 0 Å². The van der Waals surface area contributed by atoms with E-state index >= 15 is 0 Å². The van der Waals surface area contributed by atoms with Gasteiger partial charge >= 0.3 is 0 Å². The molecular formula is C13H15BrF2O3. The van der Waals surface area contributed by atoms with Crippen LogP contribution in [0.25, 0.3) is 0 Å². The summed E-state index contributed by atoms with van der Waals surface area (Å²) in [7, 11) is 1.29. The summed E-state index contributed by atoms with van der Waals surface area (Å²) in [5, 5.41) is 0. The Morgan fingerprint density at radius 3 is 2.79 bits per heavy atom. The van der Waals surface area contributed by atoms with Crippen molar-refractivity contribution in [1.29, 1.82) is 0 Å².